The molecule has 0 spiro atoms. The van der Waals surface area contributed by atoms with E-state index in [0.29, 0.717) is 17.4 Å². The van der Waals surface area contributed by atoms with Crippen molar-refractivity contribution in [1.29, 1.82) is 0 Å². The van der Waals surface area contributed by atoms with Gasteiger partial charge in [-0.1, -0.05) is 51.4 Å². The van der Waals surface area contributed by atoms with Gasteiger partial charge in [0.2, 0.25) is 11.8 Å². The average Bonchev–Trinajstić information content (AvgIpc) is 3.06. The topological polar surface area (TPSA) is 67.2 Å². The molecule has 0 saturated carbocycles. The summed E-state index contributed by atoms with van der Waals surface area (Å²) in [7, 11) is 0. The number of benzene rings is 1. The molecule has 2 aromatic rings. The molecule has 33 heavy (non-hydrogen) atoms. The van der Waals surface area contributed by atoms with Crippen LogP contribution in [0.1, 0.15) is 77.0 Å². The summed E-state index contributed by atoms with van der Waals surface area (Å²) in [5.74, 6) is 0.712. The summed E-state index contributed by atoms with van der Waals surface area (Å²) in [5, 5.41) is 8.51. The van der Waals surface area contributed by atoms with Gasteiger partial charge in [0.15, 0.2) is 0 Å². The van der Waals surface area contributed by atoms with Crippen molar-refractivity contribution in [3.8, 4) is 0 Å². The maximum atomic E-state index is 13.4. The summed E-state index contributed by atoms with van der Waals surface area (Å²) < 4.78 is 1.93. The van der Waals surface area contributed by atoms with Gasteiger partial charge in [0, 0.05) is 22.5 Å². The van der Waals surface area contributed by atoms with E-state index in [2.05, 4.69) is 46.9 Å². The second-order valence-electron chi connectivity index (χ2n) is 10.5. The molecule has 0 bridgehead atoms. The second-order valence-corrected chi connectivity index (χ2v) is 12.0. The molecule has 0 fully saturated rings. The zero-order valence-electron chi connectivity index (χ0n) is 20.7. The molecule has 2 amide bonds. The Hall–Kier alpha value is -1.99. The van der Waals surface area contributed by atoms with Crippen LogP contribution in [0.3, 0.4) is 0 Å². The Balaban J connectivity index is 2.29. The fourth-order valence-electron chi connectivity index (χ4n) is 3.94. The summed E-state index contributed by atoms with van der Waals surface area (Å²) in [6.45, 7) is 15.2. The predicted molar refractivity (Wildman–Crippen MR) is 137 cm³/mol. The van der Waals surface area contributed by atoms with Gasteiger partial charge < -0.3 is 5.32 Å². The van der Waals surface area contributed by atoms with Crippen LogP contribution in [0.5, 0.6) is 0 Å². The van der Waals surface area contributed by atoms with Crippen molar-refractivity contribution in [2.24, 2.45) is 0 Å². The van der Waals surface area contributed by atoms with Crippen LogP contribution in [0.2, 0.25) is 5.02 Å². The number of carbonyl (C=O) groups excluding carboxylic acids is 2. The van der Waals surface area contributed by atoms with Gasteiger partial charge in [-0.15, -0.1) is 11.8 Å². The Kier molecular flexibility index (Phi) is 7.54. The minimum absolute atomic E-state index is 0.0278. The number of rotatable bonds is 5. The first-order chi connectivity index (χ1) is 15.3. The van der Waals surface area contributed by atoms with Crippen molar-refractivity contribution in [3.63, 3.8) is 0 Å². The lowest BCUT2D eigenvalue weighted by atomic mass is 9.87. The second kappa shape index (κ2) is 9.71. The molecule has 6 nitrogen and oxygen atoms in total. The lowest BCUT2D eigenvalue weighted by molar-refractivity contribution is -0.122. The highest BCUT2D eigenvalue weighted by Crippen LogP contribution is 2.49. The van der Waals surface area contributed by atoms with Gasteiger partial charge in [-0.05, 0) is 44.9 Å². The first kappa shape index (κ1) is 25.6. The molecule has 0 aliphatic carbocycles. The maximum Gasteiger partial charge on any atom is 0.240 e. The Labute approximate surface area is 206 Å². The molecule has 1 N–H and O–H groups in total. The van der Waals surface area contributed by atoms with E-state index in [1.54, 1.807) is 16.7 Å². The number of nitrogens with zero attached hydrogens (tertiary/aromatic N) is 3. The van der Waals surface area contributed by atoms with Crippen LogP contribution >= 0.6 is 23.4 Å². The Morgan fingerprint density at radius 1 is 1.24 bits per heavy atom. The molecule has 1 aromatic heterocycles. The molecule has 1 aromatic carbocycles. The zero-order valence-corrected chi connectivity index (χ0v) is 22.2. The SMILES string of the molecule is CCCNC(=O)CN1C(=O)CS[C@@H](c2cccc(Cl)c2)c2c(C(C)(C)C)nn(C(C)(C)C)c21. The molecule has 0 unspecified atom stereocenters. The molecular formula is C25H35ClN4O2S. The monoisotopic (exact) mass is 490 g/mol. The summed E-state index contributed by atoms with van der Waals surface area (Å²) >= 11 is 7.92. The van der Waals surface area contributed by atoms with Gasteiger partial charge in [0.1, 0.15) is 12.4 Å². The van der Waals surface area contributed by atoms with Crippen molar-refractivity contribution in [2.45, 2.75) is 71.1 Å². The van der Waals surface area contributed by atoms with E-state index in [-0.39, 0.29) is 40.3 Å². The van der Waals surface area contributed by atoms with Crippen molar-refractivity contribution in [2.75, 3.05) is 23.7 Å². The zero-order chi connectivity index (χ0) is 24.6. The molecule has 2 heterocycles. The third-order valence-electron chi connectivity index (χ3n) is 5.46. The fraction of sp³-hybridized carbons (Fsp3) is 0.560. The number of anilines is 1. The predicted octanol–water partition coefficient (Wildman–Crippen LogP) is 5.28. The lowest BCUT2D eigenvalue weighted by Crippen LogP contribution is -2.43. The molecule has 8 heteroatoms. The number of aromatic nitrogens is 2. The highest BCUT2D eigenvalue weighted by Gasteiger charge is 2.41. The number of fused-ring (bicyclic) bond motifs is 1. The summed E-state index contributed by atoms with van der Waals surface area (Å²) in [5.41, 5.74) is 2.29. The first-order valence-corrected chi connectivity index (χ1v) is 12.8. The molecule has 1 aliphatic heterocycles. The van der Waals surface area contributed by atoms with Crippen LogP contribution in [0.15, 0.2) is 24.3 Å². The molecule has 0 radical (unpaired) electrons. The average molecular weight is 491 g/mol. The standard InChI is InChI=1S/C25H35ClN4O2S/c1-8-12-27-18(31)14-29-19(32)15-33-21(16-10-9-11-17(26)13-16)20-22(24(2,3)4)28-30(23(20)29)25(5,6)7/h9-11,13,21H,8,12,14-15H2,1-7H3,(H,27,31)/t21-/m0/s1. The minimum atomic E-state index is -0.389. The number of hydrogen-bond acceptors (Lipinski definition) is 4. The minimum Gasteiger partial charge on any atom is -0.355 e. The molecule has 3 rings (SSSR count). The fourth-order valence-corrected chi connectivity index (χ4v) is 5.32. The van der Waals surface area contributed by atoms with Gasteiger partial charge in [-0.3, -0.25) is 14.5 Å². The van der Waals surface area contributed by atoms with Gasteiger partial charge in [0.25, 0.3) is 0 Å². The van der Waals surface area contributed by atoms with Crippen LogP contribution in [-0.4, -0.2) is 40.4 Å². The van der Waals surface area contributed by atoms with E-state index in [1.165, 1.54) is 0 Å². The lowest BCUT2D eigenvalue weighted by Gasteiger charge is -2.29. The summed E-state index contributed by atoms with van der Waals surface area (Å²) in [4.78, 5) is 27.8. The summed E-state index contributed by atoms with van der Waals surface area (Å²) in [6.07, 6.45) is 0.839. The van der Waals surface area contributed by atoms with E-state index in [4.69, 9.17) is 16.7 Å². The van der Waals surface area contributed by atoms with Crippen LogP contribution in [-0.2, 0) is 20.5 Å². The normalized spacial score (nSPS) is 17.0. The number of hydrogen-bond donors (Lipinski definition) is 1. The molecule has 1 aliphatic rings. The smallest absolute Gasteiger partial charge is 0.240 e. The van der Waals surface area contributed by atoms with Gasteiger partial charge >= 0.3 is 0 Å². The third kappa shape index (κ3) is 5.57. The highest BCUT2D eigenvalue weighted by molar-refractivity contribution is 8.00. The van der Waals surface area contributed by atoms with Crippen LogP contribution in [0.25, 0.3) is 0 Å². The molecular weight excluding hydrogens is 456 g/mol. The van der Waals surface area contributed by atoms with Crippen LogP contribution in [0.4, 0.5) is 5.82 Å². The highest BCUT2D eigenvalue weighted by atomic mass is 35.5. The van der Waals surface area contributed by atoms with Gasteiger partial charge in [0.05, 0.1) is 22.2 Å². The van der Waals surface area contributed by atoms with Crippen molar-refractivity contribution in [3.05, 3.63) is 46.1 Å². The summed E-state index contributed by atoms with van der Waals surface area (Å²) in [6, 6.07) is 7.79. The molecule has 0 saturated heterocycles. The quantitative estimate of drug-likeness (QED) is 0.618. The number of nitrogens with one attached hydrogen (secondary N) is 1. The van der Waals surface area contributed by atoms with E-state index in [9.17, 15) is 9.59 Å². The first-order valence-electron chi connectivity index (χ1n) is 11.4. The maximum absolute atomic E-state index is 13.4. The van der Waals surface area contributed by atoms with E-state index in [0.717, 1.165) is 23.2 Å². The van der Waals surface area contributed by atoms with E-state index < -0.39 is 0 Å². The Morgan fingerprint density at radius 2 is 1.94 bits per heavy atom. The number of halogens is 1. The van der Waals surface area contributed by atoms with E-state index >= 15 is 0 Å². The van der Waals surface area contributed by atoms with E-state index in [1.807, 2.05) is 35.9 Å². The Bertz CT molecular complexity index is 1040. The largest absolute Gasteiger partial charge is 0.355 e. The molecule has 1 atom stereocenters. The van der Waals surface area contributed by atoms with Gasteiger partial charge in [-0.25, -0.2) is 4.68 Å². The van der Waals surface area contributed by atoms with Crippen LogP contribution < -0.4 is 10.2 Å². The van der Waals surface area contributed by atoms with Crippen molar-refractivity contribution < 1.29 is 9.59 Å². The number of amides is 2. The Morgan fingerprint density at radius 3 is 2.52 bits per heavy atom. The number of carbonyl (C=O) groups is 2. The van der Waals surface area contributed by atoms with Crippen molar-refractivity contribution >= 4 is 41.0 Å². The van der Waals surface area contributed by atoms with Crippen molar-refractivity contribution in [1.82, 2.24) is 15.1 Å². The van der Waals surface area contributed by atoms with Gasteiger partial charge in [-0.2, -0.15) is 5.10 Å². The molecule has 180 valence electrons. The number of thioether (sulfide) groups is 1. The third-order valence-corrected chi connectivity index (χ3v) is 6.95. The van der Waals surface area contributed by atoms with Crippen LogP contribution in [0, 0.1) is 0 Å².